The standard InChI is InChI=1S/C30H52O3/c1-5-6-7-8-9-10-11-24(28(32)33-4)26-15-14-25-23-13-12-21-20-22(31)16-18-29(21,2)27(23)17-19-30(25,26)3/h21-27,31H,5-20H2,1-4H3/t21-,22-,23-,24+,25-,26+,27-,29-,30-/m0/s1. The topological polar surface area (TPSA) is 46.5 Å². The third kappa shape index (κ3) is 4.78. The SMILES string of the molecule is CCCCCCCC[C@@H](C(=O)OC)[C@H]1CC[C@H]2[C@@H]3CC[C@H]4C[C@@H](O)CC[C@]4(C)[C@H]3CC[C@]12C. The van der Waals surface area contributed by atoms with Crippen LogP contribution in [0.2, 0.25) is 0 Å². The second kappa shape index (κ2) is 10.6. The second-order valence-corrected chi connectivity index (χ2v) is 13.0. The minimum Gasteiger partial charge on any atom is -0.469 e. The van der Waals surface area contributed by atoms with E-state index in [1.54, 1.807) is 7.11 Å². The van der Waals surface area contributed by atoms with Crippen molar-refractivity contribution in [1.29, 1.82) is 0 Å². The molecule has 9 atom stereocenters. The van der Waals surface area contributed by atoms with Gasteiger partial charge in [-0.05, 0) is 105 Å². The minimum atomic E-state index is -0.0628. The number of hydrogen-bond acceptors (Lipinski definition) is 3. The molecule has 0 spiro atoms. The van der Waals surface area contributed by atoms with Crippen molar-refractivity contribution in [1.82, 2.24) is 0 Å². The summed E-state index contributed by atoms with van der Waals surface area (Å²) in [6.07, 6.45) is 19.7. The molecular formula is C30H52O3. The quantitative estimate of drug-likeness (QED) is 0.285. The molecule has 3 nitrogen and oxygen atoms in total. The minimum absolute atomic E-state index is 0.0628. The zero-order valence-corrected chi connectivity index (χ0v) is 22.1. The molecule has 0 aromatic rings. The molecule has 0 aromatic carbocycles. The van der Waals surface area contributed by atoms with E-state index in [1.807, 2.05) is 0 Å². The molecule has 0 heterocycles. The molecule has 0 amide bonds. The smallest absolute Gasteiger partial charge is 0.308 e. The zero-order valence-electron chi connectivity index (χ0n) is 22.1. The van der Waals surface area contributed by atoms with Gasteiger partial charge in [0.15, 0.2) is 0 Å². The van der Waals surface area contributed by atoms with Gasteiger partial charge >= 0.3 is 5.97 Å². The Morgan fingerprint density at radius 3 is 2.36 bits per heavy atom. The summed E-state index contributed by atoms with van der Waals surface area (Å²) in [5.74, 6) is 3.83. The Hall–Kier alpha value is -0.570. The van der Waals surface area contributed by atoms with Gasteiger partial charge in [-0.15, -0.1) is 0 Å². The van der Waals surface area contributed by atoms with E-state index in [2.05, 4.69) is 20.8 Å². The predicted molar refractivity (Wildman–Crippen MR) is 135 cm³/mol. The molecule has 4 aliphatic rings. The van der Waals surface area contributed by atoms with Crippen LogP contribution in [-0.2, 0) is 9.53 Å². The van der Waals surface area contributed by atoms with Crippen LogP contribution in [0.15, 0.2) is 0 Å². The Bertz CT molecular complexity index is 661. The number of aliphatic hydroxyl groups excluding tert-OH is 1. The average Bonchev–Trinajstić information content (AvgIpc) is 3.15. The van der Waals surface area contributed by atoms with Crippen LogP contribution >= 0.6 is 0 Å². The highest BCUT2D eigenvalue weighted by molar-refractivity contribution is 5.72. The number of carbonyl (C=O) groups excluding carboxylic acids is 1. The molecule has 3 heteroatoms. The largest absolute Gasteiger partial charge is 0.469 e. The van der Waals surface area contributed by atoms with E-state index in [1.165, 1.54) is 83.5 Å². The van der Waals surface area contributed by atoms with E-state index >= 15 is 0 Å². The average molecular weight is 461 g/mol. The summed E-state index contributed by atoms with van der Waals surface area (Å²) in [7, 11) is 1.60. The van der Waals surface area contributed by atoms with E-state index in [-0.39, 0.29) is 18.0 Å². The predicted octanol–water partition coefficient (Wildman–Crippen LogP) is 7.55. The summed E-state index contributed by atoms with van der Waals surface area (Å²) in [5.41, 5.74) is 0.738. The molecule has 190 valence electrons. The number of rotatable bonds is 9. The van der Waals surface area contributed by atoms with Crippen LogP contribution in [0.1, 0.15) is 124 Å². The Morgan fingerprint density at radius 2 is 1.61 bits per heavy atom. The molecule has 0 saturated heterocycles. The van der Waals surface area contributed by atoms with Gasteiger partial charge in [0.1, 0.15) is 0 Å². The molecule has 4 saturated carbocycles. The van der Waals surface area contributed by atoms with Gasteiger partial charge in [0.05, 0.1) is 19.1 Å². The van der Waals surface area contributed by atoms with Crippen molar-refractivity contribution in [2.45, 2.75) is 130 Å². The lowest BCUT2D eigenvalue weighted by molar-refractivity contribution is -0.154. The van der Waals surface area contributed by atoms with Gasteiger partial charge in [0, 0.05) is 0 Å². The van der Waals surface area contributed by atoms with Gasteiger partial charge in [-0.25, -0.2) is 0 Å². The van der Waals surface area contributed by atoms with Crippen LogP contribution in [0.4, 0.5) is 0 Å². The van der Waals surface area contributed by atoms with Gasteiger partial charge < -0.3 is 9.84 Å². The molecule has 4 rings (SSSR count). The molecule has 0 radical (unpaired) electrons. The summed E-state index contributed by atoms with van der Waals surface area (Å²) in [6, 6.07) is 0. The van der Waals surface area contributed by atoms with Gasteiger partial charge in [-0.3, -0.25) is 4.79 Å². The number of fused-ring (bicyclic) bond motifs is 5. The maximum atomic E-state index is 13.0. The first-order valence-corrected chi connectivity index (χ1v) is 14.6. The third-order valence-electron chi connectivity index (χ3n) is 11.6. The molecule has 0 aromatic heterocycles. The van der Waals surface area contributed by atoms with Gasteiger partial charge in [-0.1, -0.05) is 59.3 Å². The highest BCUT2D eigenvalue weighted by atomic mass is 16.5. The number of esters is 1. The van der Waals surface area contributed by atoms with E-state index in [9.17, 15) is 9.90 Å². The summed E-state index contributed by atoms with van der Waals surface area (Å²) in [5, 5.41) is 10.3. The van der Waals surface area contributed by atoms with Crippen LogP contribution in [0, 0.1) is 46.3 Å². The Kier molecular flexibility index (Phi) is 8.19. The normalized spacial score (nSPS) is 43.3. The van der Waals surface area contributed by atoms with Crippen LogP contribution < -0.4 is 0 Å². The third-order valence-corrected chi connectivity index (χ3v) is 11.6. The Balaban J connectivity index is 1.45. The van der Waals surface area contributed by atoms with E-state index in [0.29, 0.717) is 16.7 Å². The Morgan fingerprint density at radius 1 is 0.909 bits per heavy atom. The number of ether oxygens (including phenoxy) is 1. The maximum Gasteiger partial charge on any atom is 0.308 e. The van der Waals surface area contributed by atoms with Crippen molar-refractivity contribution in [3.05, 3.63) is 0 Å². The fourth-order valence-electron chi connectivity index (χ4n) is 9.72. The van der Waals surface area contributed by atoms with Gasteiger partial charge in [-0.2, -0.15) is 0 Å². The van der Waals surface area contributed by atoms with Crippen molar-refractivity contribution in [2.24, 2.45) is 46.3 Å². The van der Waals surface area contributed by atoms with Gasteiger partial charge in [0.25, 0.3) is 0 Å². The van der Waals surface area contributed by atoms with Crippen molar-refractivity contribution >= 4 is 5.97 Å². The highest BCUT2D eigenvalue weighted by Gasteiger charge is 2.61. The lowest BCUT2D eigenvalue weighted by Crippen LogP contribution is -2.54. The van der Waals surface area contributed by atoms with Gasteiger partial charge in [0.2, 0.25) is 0 Å². The van der Waals surface area contributed by atoms with Crippen LogP contribution in [0.3, 0.4) is 0 Å². The summed E-state index contributed by atoms with van der Waals surface area (Å²) in [4.78, 5) is 13.0. The first-order chi connectivity index (χ1) is 15.8. The number of methoxy groups -OCH3 is 1. The zero-order chi connectivity index (χ0) is 23.6. The lowest BCUT2D eigenvalue weighted by atomic mass is 9.44. The monoisotopic (exact) mass is 460 g/mol. The number of unbranched alkanes of at least 4 members (excludes halogenated alkanes) is 5. The first kappa shape index (κ1) is 25.5. The summed E-state index contributed by atoms with van der Waals surface area (Å²) in [6.45, 7) is 7.40. The molecule has 1 N–H and O–H groups in total. The van der Waals surface area contributed by atoms with E-state index in [4.69, 9.17) is 4.74 Å². The molecule has 0 aliphatic heterocycles. The van der Waals surface area contributed by atoms with E-state index < -0.39 is 0 Å². The number of hydrogen-bond donors (Lipinski definition) is 1. The molecular weight excluding hydrogens is 408 g/mol. The van der Waals surface area contributed by atoms with Crippen molar-refractivity contribution in [3.63, 3.8) is 0 Å². The fraction of sp³-hybridized carbons (Fsp3) is 0.967. The maximum absolute atomic E-state index is 13.0. The highest BCUT2D eigenvalue weighted by Crippen LogP contribution is 2.68. The first-order valence-electron chi connectivity index (χ1n) is 14.6. The second-order valence-electron chi connectivity index (χ2n) is 13.0. The van der Waals surface area contributed by atoms with Crippen molar-refractivity contribution < 1.29 is 14.6 Å². The van der Waals surface area contributed by atoms with Crippen molar-refractivity contribution in [2.75, 3.05) is 7.11 Å². The number of aliphatic hydroxyl groups is 1. The van der Waals surface area contributed by atoms with Crippen LogP contribution in [-0.4, -0.2) is 24.3 Å². The summed E-state index contributed by atoms with van der Waals surface area (Å²) >= 11 is 0. The summed E-state index contributed by atoms with van der Waals surface area (Å²) < 4.78 is 5.39. The van der Waals surface area contributed by atoms with Crippen LogP contribution in [0.5, 0.6) is 0 Å². The molecule has 0 unspecified atom stereocenters. The number of carbonyl (C=O) groups is 1. The van der Waals surface area contributed by atoms with E-state index in [0.717, 1.165) is 42.9 Å². The molecule has 33 heavy (non-hydrogen) atoms. The molecule has 4 aliphatic carbocycles. The lowest BCUT2D eigenvalue weighted by Gasteiger charge is -2.61. The van der Waals surface area contributed by atoms with Crippen LogP contribution in [0.25, 0.3) is 0 Å². The molecule has 4 fully saturated rings. The Labute approximate surface area is 203 Å². The van der Waals surface area contributed by atoms with Crippen molar-refractivity contribution in [3.8, 4) is 0 Å². The fourth-order valence-corrected chi connectivity index (χ4v) is 9.72. The molecule has 0 bridgehead atoms.